The molecule has 1 aromatic heterocycles. The molecule has 0 fully saturated rings. The van der Waals surface area contributed by atoms with Gasteiger partial charge in [-0.05, 0) is 23.8 Å². The van der Waals surface area contributed by atoms with E-state index in [9.17, 15) is 0 Å². The molecule has 3 atom stereocenters. The van der Waals surface area contributed by atoms with Crippen LogP contribution in [0.3, 0.4) is 0 Å². The van der Waals surface area contributed by atoms with Crippen molar-refractivity contribution in [3.8, 4) is 0 Å². The third-order valence-electron chi connectivity index (χ3n) is 4.75. The fourth-order valence-corrected chi connectivity index (χ4v) is 3.81. The summed E-state index contributed by atoms with van der Waals surface area (Å²) in [6.45, 7) is 6.98. The van der Waals surface area contributed by atoms with Gasteiger partial charge in [0, 0.05) is 18.3 Å². The van der Waals surface area contributed by atoms with Crippen LogP contribution in [-0.4, -0.2) is 9.55 Å². The Labute approximate surface area is 128 Å². The summed E-state index contributed by atoms with van der Waals surface area (Å²) in [5.74, 6) is 2.65. The molecule has 112 valence electrons. The van der Waals surface area contributed by atoms with Gasteiger partial charge in [-0.15, -0.1) is 0 Å². The molecule has 1 aliphatic rings. The average molecular weight is 282 g/mol. The van der Waals surface area contributed by atoms with Gasteiger partial charge in [0.15, 0.2) is 0 Å². The molecule has 0 saturated heterocycles. The number of nitrogens with zero attached hydrogens (tertiary/aromatic N) is 2. The molecule has 1 aliphatic heterocycles. The quantitative estimate of drug-likeness (QED) is 0.781. The third kappa shape index (κ3) is 2.76. The topological polar surface area (TPSA) is 17.8 Å². The number of hydrogen-bond donors (Lipinski definition) is 0. The summed E-state index contributed by atoms with van der Waals surface area (Å²) in [4.78, 5) is 4.70. The highest BCUT2D eigenvalue weighted by Gasteiger charge is 2.33. The van der Waals surface area contributed by atoms with Crippen molar-refractivity contribution in [2.75, 3.05) is 0 Å². The number of imidazole rings is 1. The van der Waals surface area contributed by atoms with Crippen LogP contribution in [0.15, 0.2) is 36.5 Å². The van der Waals surface area contributed by atoms with Gasteiger partial charge in [0.2, 0.25) is 0 Å². The van der Waals surface area contributed by atoms with Crippen LogP contribution in [-0.2, 0) is 12.8 Å². The van der Waals surface area contributed by atoms with Crippen molar-refractivity contribution in [3.05, 3.63) is 53.6 Å². The lowest BCUT2D eigenvalue weighted by molar-refractivity contribution is 0.446. The number of hydrogen-bond acceptors (Lipinski definition) is 1. The third-order valence-corrected chi connectivity index (χ3v) is 4.75. The maximum atomic E-state index is 4.70. The number of aromatic nitrogens is 2. The molecule has 2 nitrogen and oxygen atoms in total. The second kappa shape index (κ2) is 6.05. The van der Waals surface area contributed by atoms with Crippen molar-refractivity contribution in [1.29, 1.82) is 0 Å². The van der Waals surface area contributed by atoms with Crippen LogP contribution < -0.4 is 0 Å². The Morgan fingerprint density at radius 2 is 2.05 bits per heavy atom. The van der Waals surface area contributed by atoms with Crippen molar-refractivity contribution in [2.24, 2.45) is 11.8 Å². The molecule has 2 heteroatoms. The van der Waals surface area contributed by atoms with Crippen LogP contribution in [0.5, 0.6) is 0 Å². The standard InChI is InChI=1S/C19H26N2/c1-4-8-14(2)11-17-13-20-18-12-15(3)19(21(17)18)16-9-6-5-7-10-16/h5-7,9-10,13-15,19H,4,8,11-12H2,1-3H3. The van der Waals surface area contributed by atoms with Gasteiger partial charge in [-0.3, -0.25) is 0 Å². The summed E-state index contributed by atoms with van der Waals surface area (Å²) in [5.41, 5.74) is 2.84. The molecule has 2 heterocycles. The normalized spacial score (nSPS) is 22.2. The van der Waals surface area contributed by atoms with Crippen LogP contribution in [0.4, 0.5) is 0 Å². The van der Waals surface area contributed by atoms with Gasteiger partial charge in [-0.2, -0.15) is 0 Å². The first-order valence-corrected chi connectivity index (χ1v) is 8.30. The van der Waals surface area contributed by atoms with E-state index in [2.05, 4.69) is 61.9 Å². The van der Waals surface area contributed by atoms with Gasteiger partial charge >= 0.3 is 0 Å². The Morgan fingerprint density at radius 3 is 2.76 bits per heavy atom. The Morgan fingerprint density at radius 1 is 1.29 bits per heavy atom. The highest BCUT2D eigenvalue weighted by Crippen LogP contribution is 2.37. The molecular formula is C19H26N2. The molecule has 0 amide bonds. The van der Waals surface area contributed by atoms with Crippen LogP contribution >= 0.6 is 0 Å². The minimum atomic E-state index is 0.465. The van der Waals surface area contributed by atoms with Gasteiger partial charge in [-0.25, -0.2) is 4.98 Å². The molecule has 3 rings (SSSR count). The fourth-order valence-electron chi connectivity index (χ4n) is 3.81. The Hall–Kier alpha value is -1.57. The van der Waals surface area contributed by atoms with E-state index in [4.69, 9.17) is 4.98 Å². The lowest BCUT2D eigenvalue weighted by Crippen LogP contribution is -2.15. The summed E-state index contributed by atoms with van der Waals surface area (Å²) >= 11 is 0. The molecule has 0 N–H and O–H groups in total. The average Bonchev–Trinajstić information content (AvgIpc) is 2.99. The maximum Gasteiger partial charge on any atom is 0.109 e. The zero-order valence-corrected chi connectivity index (χ0v) is 13.4. The summed E-state index contributed by atoms with van der Waals surface area (Å²) in [6, 6.07) is 11.4. The van der Waals surface area contributed by atoms with Gasteiger partial charge in [-0.1, -0.05) is 63.9 Å². The summed E-state index contributed by atoms with van der Waals surface area (Å²) in [7, 11) is 0. The van der Waals surface area contributed by atoms with Gasteiger partial charge in [0.1, 0.15) is 5.82 Å². The lowest BCUT2D eigenvalue weighted by atomic mass is 9.94. The van der Waals surface area contributed by atoms with Crippen molar-refractivity contribution >= 4 is 0 Å². The monoisotopic (exact) mass is 282 g/mol. The summed E-state index contributed by atoms with van der Waals surface area (Å²) < 4.78 is 2.52. The Kier molecular flexibility index (Phi) is 4.14. The van der Waals surface area contributed by atoms with E-state index < -0.39 is 0 Å². The van der Waals surface area contributed by atoms with Gasteiger partial charge in [0.25, 0.3) is 0 Å². The number of rotatable bonds is 5. The van der Waals surface area contributed by atoms with Crippen molar-refractivity contribution in [1.82, 2.24) is 9.55 Å². The molecule has 0 bridgehead atoms. The van der Waals surface area contributed by atoms with E-state index in [0.29, 0.717) is 12.0 Å². The molecule has 0 aliphatic carbocycles. The Balaban J connectivity index is 1.92. The minimum Gasteiger partial charge on any atom is -0.324 e. The molecule has 0 spiro atoms. The van der Waals surface area contributed by atoms with E-state index in [0.717, 1.165) is 18.8 Å². The fraction of sp³-hybridized carbons (Fsp3) is 0.526. The van der Waals surface area contributed by atoms with Crippen LogP contribution in [0.2, 0.25) is 0 Å². The lowest BCUT2D eigenvalue weighted by Gasteiger charge is -2.22. The number of fused-ring (bicyclic) bond motifs is 1. The van der Waals surface area contributed by atoms with Crippen LogP contribution in [0.25, 0.3) is 0 Å². The predicted molar refractivity (Wildman–Crippen MR) is 87.5 cm³/mol. The van der Waals surface area contributed by atoms with Crippen molar-refractivity contribution in [3.63, 3.8) is 0 Å². The molecule has 1 aromatic carbocycles. The molecule has 21 heavy (non-hydrogen) atoms. The van der Waals surface area contributed by atoms with E-state index in [1.165, 1.54) is 29.9 Å². The second-order valence-electron chi connectivity index (χ2n) is 6.67. The van der Waals surface area contributed by atoms with Crippen molar-refractivity contribution in [2.45, 2.75) is 52.5 Å². The molecule has 2 aromatic rings. The highest BCUT2D eigenvalue weighted by atomic mass is 15.1. The maximum absolute atomic E-state index is 4.70. The second-order valence-corrected chi connectivity index (χ2v) is 6.67. The first-order valence-electron chi connectivity index (χ1n) is 8.30. The molecule has 0 radical (unpaired) electrons. The molecule has 3 unspecified atom stereocenters. The van der Waals surface area contributed by atoms with Crippen LogP contribution in [0.1, 0.15) is 56.7 Å². The van der Waals surface area contributed by atoms with Gasteiger partial charge in [0.05, 0.1) is 6.04 Å². The molecule has 0 saturated carbocycles. The van der Waals surface area contributed by atoms with Gasteiger partial charge < -0.3 is 4.57 Å². The van der Waals surface area contributed by atoms with E-state index in [-0.39, 0.29) is 0 Å². The largest absolute Gasteiger partial charge is 0.324 e. The smallest absolute Gasteiger partial charge is 0.109 e. The summed E-state index contributed by atoms with van der Waals surface area (Å²) in [5, 5.41) is 0. The number of benzene rings is 1. The van der Waals surface area contributed by atoms with E-state index >= 15 is 0 Å². The highest BCUT2D eigenvalue weighted by molar-refractivity contribution is 5.27. The summed E-state index contributed by atoms with van der Waals surface area (Å²) in [6.07, 6.45) is 6.93. The van der Waals surface area contributed by atoms with Crippen molar-refractivity contribution < 1.29 is 0 Å². The first-order chi connectivity index (χ1) is 10.2. The SMILES string of the molecule is CCCC(C)Cc1cnc2n1C(c1ccccc1)C(C)C2. The minimum absolute atomic E-state index is 0.465. The zero-order valence-electron chi connectivity index (χ0n) is 13.4. The molecular weight excluding hydrogens is 256 g/mol. The first kappa shape index (κ1) is 14.4. The van der Waals surface area contributed by atoms with Crippen LogP contribution in [0, 0.1) is 11.8 Å². The zero-order chi connectivity index (χ0) is 14.8. The van der Waals surface area contributed by atoms with E-state index in [1.807, 2.05) is 0 Å². The Bertz CT molecular complexity index is 585. The van der Waals surface area contributed by atoms with E-state index in [1.54, 1.807) is 0 Å². The predicted octanol–water partition coefficient (Wildman–Crippen LogP) is 4.64.